The van der Waals surface area contributed by atoms with E-state index in [1.165, 1.54) is 4.88 Å². The van der Waals surface area contributed by atoms with Crippen LogP contribution in [0.25, 0.3) is 0 Å². The fourth-order valence-corrected chi connectivity index (χ4v) is 2.13. The van der Waals surface area contributed by atoms with E-state index in [1.54, 1.807) is 11.3 Å². The van der Waals surface area contributed by atoms with Crippen LogP contribution in [0.1, 0.15) is 4.88 Å². The molecular formula is C8H13N3S. The van der Waals surface area contributed by atoms with Gasteiger partial charge in [-0.3, -0.25) is 9.88 Å². The Labute approximate surface area is 76.2 Å². The fraction of sp³-hybridized carbons (Fsp3) is 0.625. The van der Waals surface area contributed by atoms with E-state index in [0.29, 0.717) is 0 Å². The second kappa shape index (κ2) is 3.51. The highest BCUT2D eigenvalue weighted by Gasteiger charge is 2.24. The minimum absolute atomic E-state index is 0.734. The summed E-state index contributed by atoms with van der Waals surface area (Å²) >= 11 is 1.73. The Hall–Kier alpha value is -0.450. The number of thiazole rings is 1. The van der Waals surface area contributed by atoms with Crippen molar-refractivity contribution in [2.75, 3.05) is 19.6 Å². The standard InChI is InChI=1S/C8H13N3S/c9-1-7-3-11(4-7)5-8-2-10-6-12-8/h2,6-7H,1,3-5,9H2. The first-order valence-corrected chi connectivity index (χ1v) is 5.06. The van der Waals surface area contributed by atoms with Crippen LogP contribution in [0, 0.1) is 5.92 Å². The number of hydrogen-bond acceptors (Lipinski definition) is 4. The maximum absolute atomic E-state index is 5.53. The Morgan fingerprint density at radius 2 is 2.50 bits per heavy atom. The highest BCUT2D eigenvalue weighted by Crippen LogP contribution is 2.18. The maximum Gasteiger partial charge on any atom is 0.0794 e. The molecule has 1 aliphatic heterocycles. The van der Waals surface area contributed by atoms with E-state index < -0.39 is 0 Å². The van der Waals surface area contributed by atoms with Gasteiger partial charge in [0, 0.05) is 30.7 Å². The van der Waals surface area contributed by atoms with Gasteiger partial charge in [-0.2, -0.15) is 0 Å². The van der Waals surface area contributed by atoms with Gasteiger partial charge in [0.25, 0.3) is 0 Å². The van der Waals surface area contributed by atoms with Gasteiger partial charge in [0.2, 0.25) is 0 Å². The lowest BCUT2D eigenvalue weighted by atomic mass is 10.0. The van der Waals surface area contributed by atoms with Crippen LogP contribution >= 0.6 is 11.3 Å². The van der Waals surface area contributed by atoms with Crippen molar-refractivity contribution in [2.45, 2.75) is 6.54 Å². The lowest BCUT2D eigenvalue weighted by Crippen LogP contribution is -2.48. The van der Waals surface area contributed by atoms with Crippen LogP contribution in [-0.2, 0) is 6.54 Å². The zero-order chi connectivity index (χ0) is 8.39. The van der Waals surface area contributed by atoms with Crippen molar-refractivity contribution in [3.63, 3.8) is 0 Å². The second-order valence-electron chi connectivity index (χ2n) is 3.26. The predicted molar refractivity (Wildman–Crippen MR) is 49.9 cm³/mol. The molecule has 3 nitrogen and oxygen atoms in total. The third-order valence-corrected chi connectivity index (χ3v) is 2.99. The van der Waals surface area contributed by atoms with Crippen LogP contribution in [-0.4, -0.2) is 29.5 Å². The monoisotopic (exact) mass is 183 g/mol. The molecule has 0 spiro atoms. The van der Waals surface area contributed by atoms with Crippen molar-refractivity contribution in [2.24, 2.45) is 11.7 Å². The predicted octanol–water partition coefficient (Wildman–Crippen LogP) is 0.534. The summed E-state index contributed by atoms with van der Waals surface area (Å²) in [7, 11) is 0. The molecule has 0 atom stereocenters. The van der Waals surface area contributed by atoms with Gasteiger partial charge in [-0.25, -0.2) is 0 Å². The number of nitrogens with two attached hydrogens (primary N) is 1. The molecule has 4 heteroatoms. The second-order valence-corrected chi connectivity index (χ2v) is 4.23. The lowest BCUT2D eigenvalue weighted by molar-refractivity contribution is 0.0990. The van der Waals surface area contributed by atoms with Crippen molar-refractivity contribution >= 4 is 11.3 Å². The lowest BCUT2D eigenvalue weighted by Gasteiger charge is -2.38. The summed E-state index contributed by atoms with van der Waals surface area (Å²) < 4.78 is 0. The first-order chi connectivity index (χ1) is 5.88. The van der Waals surface area contributed by atoms with Crippen LogP contribution in [0.2, 0.25) is 0 Å². The minimum Gasteiger partial charge on any atom is -0.330 e. The summed E-state index contributed by atoms with van der Waals surface area (Å²) in [6, 6.07) is 0. The highest BCUT2D eigenvalue weighted by atomic mass is 32.1. The van der Waals surface area contributed by atoms with E-state index in [2.05, 4.69) is 9.88 Å². The molecule has 2 N–H and O–H groups in total. The quantitative estimate of drug-likeness (QED) is 0.743. The van der Waals surface area contributed by atoms with Gasteiger partial charge in [-0.05, 0) is 12.5 Å². The van der Waals surface area contributed by atoms with Crippen LogP contribution in [0.15, 0.2) is 11.7 Å². The molecule has 2 heterocycles. The van der Waals surface area contributed by atoms with Gasteiger partial charge < -0.3 is 5.73 Å². The zero-order valence-corrected chi connectivity index (χ0v) is 7.76. The van der Waals surface area contributed by atoms with Crippen molar-refractivity contribution in [1.29, 1.82) is 0 Å². The molecule has 1 aromatic heterocycles. The fourth-order valence-electron chi connectivity index (χ4n) is 1.50. The number of hydrogen-bond donors (Lipinski definition) is 1. The van der Waals surface area contributed by atoms with Gasteiger partial charge >= 0.3 is 0 Å². The first kappa shape index (κ1) is 8.16. The van der Waals surface area contributed by atoms with E-state index in [1.807, 2.05) is 11.7 Å². The molecule has 0 aliphatic carbocycles. The van der Waals surface area contributed by atoms with Crippen molar-refractivity contribution in [3.05, 3.63) is 16.6 Å². The Balaban J connectivity index is 1.77. The summed E-state index contributed by atoms with van der Waals surface area (Å²) in [5.41, 5.74) is 7.42. The highest BCUT2D eigenvalue weighted by molar-refractivity contribution is 7.09. The third-order valence-electron chi connectivity index (χ3n) is 2.23. The molecule has 66 valence electrons. The average Bonchev–Trinajstić information content (AvgIpc) is 2.47. The molecule has 1 fully saturated rings. The summed E-state index contributed by atoms with van der Waals surface area (Å²) in [5.74, 6) is 0.734. The number of likely N-dealkylation sites (tertiary alicyclic amines) is 1. The van der Waals surface area contributed by atoms with Gasteiger partial charge in [-0.1, -0.05) is 0 Å². The molecule has 2 rings (SSSR count). The van der Waals surface area contributed by atoms with Crippen molar-refractivity contribution < 1.29 is 0 Å². The van der Waals surface area contributed by atoms with Gasteiger partial charge in [-0.15, -0.1) is 11.3 Å². The first-order valence-electron chi connectivity index (χ1n) is 4.18. The molecule has 0 aromatic carbocycles. The van der Waals surface area contributed by atoms with Gasteiger partial charge in [0.1, 0.15) is 0 Å². The molecule has 1 aromatic rings. The normalized spacial score (nSPS) is 19.4. The molecule has 1 saturated heterocycles. The summed E-state index contributed by atoms with van der Waals surface area (Å²) in [4.78, 5) is 7.80. The van der Waals surface area contributed by atoms with Gasteiger partial charge in [0.15, 0.2) is 0 Å². The summed E-state index contributed by atoms with van der Waals surface area (Å²) in [6.07, 6.45) is 1.94. The molecule has 0 unspecified atom stereocenters. The van der Waals surface area contributed by atoms with Crippen LogP contribution in [0.3, 0.4) is 0 Å². The largest absolute Gasteiger partial charge is 0.330 e. The number of aromatic nitrogens is 1. The molecule has 0 saturated carbocycles. The Morgan fingerprint density at radius 1 is 1.67 bits per heavy atom. The summed E-state index contributed by atoms with van der Waals surface area (Å²) in [5, 5.41) is 0. The average molecular weight is 183 g/mol. The van der Waals surface area contributed by atoms with Crippen LogP contribution in [0.4, 0.5) is 0 Å². The SMILES string of the molecule is NCC1CN(Cc2cncs2)C1. The minimum atomic E-state index is 0.734. The molecule has 0 amide bonds. The Kier molecular flexibility index (Phi) is 2.39. The van der Waals surface area contributed by atoms with Crippen molar-refractivity contribution in [3.8, 4) is 0 Å². The number of nitrogens with zero attached hydrogens (tertiary/aromatic N) is 2. The van der Waals surface area contributed by atoms with E-state index in [-0.39, 0.29) is 0 Å². The maximum atomic E-state index is 5.53. The van der Waals surface area contributed by atoms with E-state index in [0.717, 1.165) is 32.1 Å². The Bertz CT molecular complexity index is 228. The number of rotatable bonds is 3. The van der Waals surface area contributed by atoms with Crippen LogP contribution < -0.4 is 5.73 Å². The van der Waals surface area contributed by atoms with E-state index >= 15 is 0 Å². The topological polar surface area (TPSA) is 42.1 Å². The molecule has 0 radical (unpaired) electrons. The third kappa shape index (κ3) is 1.65. The Morgan fingerprint density at radius 3 is 3.08 bits per heavy atom. The zero-order valence-electron chi connectivity index (χ0n) is 6.94. The molecular weight excluding hydrogens is 170 g/mol. The smallest absolute Gasteiger partial charge is 0.0794 e. The van der Waals surface area contributed by atoms with E-state index in [9.17, 15) is 0 Å². The molecule has 1 aliphatic rings. The molecule has 0 bridgehead atoms. The van der Waals surface area contributed by atoms with Crippen LogP contribution in [0.5, 0.6) is 0 Å². The molecule has 12 heavy (non-hydrogen) atoms. The summed E-state index contributed by atoms with van der Waals surface area (Å²) in [6.45, 7) is 4.21. The van der Waals surface area contributed by atoms with Crippen molar-refractivity contribution in [1.82, 2.24) is 9.88 Å². The van der Waals surface area contributed by atoms with Gasteiger partial charge in [0.05, 0.1) is 5.51 Å². The van der Waals surface area contributed by atoms with E-state index in [4.69, 9.17) is 5.73 Å².